The van der Waals surface area contributed by atoms with Gasteiger partial charge in [-0.25, -0.2) is 0 Å². The lowest BCUT2D eigenvalue weighted by atomic mass is 10.1. The summed E-state index contributed by atoms with van der Waals surface area (Å²) in [6.07, 6.45) is -0.672. The van der Waals surface area contributed by atoms with E-state index in [9.17, 15) is 4.79 Å². The second-order valence-electron chi connectivity index (χ2n) is 4.89. The van der Waals surface area contributed by atoms with Crippen molar-refractivity contribution >= 4 is 5.91 Å². The fourth-order valence-electron chi connectivity index (χ4n) is 2.20. The Labute approximate surface area is 128 Å². The van der Waals surface area contributed by atoms with Crippen molar-refractivity contribution in [1.29, 1.82) is 5.26 Å². The molecule has 1 aliphatic rings. The number of para-hydroxylation sites is 2. The minimum Gasteiger partial charge on any atom is -0.485 e. The van der Waals surface area contributed by atoms with Gasteiger partial charge in [0.15, 0.2) is 11.5 Å². The van der Waals surface area contributed by atoms with Crippen LogP contribution in [0.1, 0.15) is 11.1 Å². The maximum atomic E-state index is 12.2. The van der Waals surface area contributed by atoms with Crippen molar-refractivity contribution in [2.24, 2.45) is 0 Å². The van der Waals surface area contributed by atoms with E-state index in [1.807, 2.05) is 18.2 Å². The standard InChI is InChI=1S/C17H14N2O3/c18-9-12-4-3-5-13(8-12)10-19-17(20)16-11-21-14-6-1-2-7-15(14)22-16/h1-8,16H,10-11H2,(H,19,20). The van der Waals surface area contributed by atoms with E-state index in [-0.39, 0.29) is 12.5 Å². The molecule has 3 rings (SSSR count). The predicted octanol–water partition coefficient (Wildman–Crippen LogP) is 2.01. The average Bonchev–Trinajstić information content (AvgIpc) is 2.59. The Hall–Kier alpha value is -3.00. The van der Waals surface area contributed by atoms with E-state index in [0.29, 0.717) is 23.6 Å². The van der Waals surface area contributed by atoms with E-state index < -0.39 is 6.10 Å². The van der Waals surface area contributed by atoms with Gasteiger partial charge in [-0.05, 0) is 29.8 Å². The predicted molar refractivity (Wildman–Crippen MR) is 79.4 cm³/mol. The summed E-state index contributed by atoms with van der Waals surface area (Å²) in [4.78, 5) is 12.2. The molecule has 0 bridgehead atoms. The molecule has 1 amide bonds. The Morgan fingerprint density at radius 2 is 2.05 bits per heavy atom. The molecule has 0 radical (unpaired) electrons. The van der Waals surface area contributed by atoms with E-state index in [0.717, 1.165) is 5.56 Å². The SMILES string of the molecule is N#Cc1cccc(CNC(=O)C2COc3ccccc3O2)c1. The first kappa shape index (κ1) is 14.0. The molecule has 22 heavy (non-hydrogen) atoms. The first-order chi connectivity index (χ1) is 10.8. The third-order valence-corrected chi connectivity index (χ3v) is 3.32. The van der Waals surface area contributed by atoms with Gasteiger partial charge in [0.25, 0.3) is 5.91 Å². The van der Waals surface area contributed by atoms with E-state index in [4.69, 9.17) is 14.7 Å². The highest BCUT2D eigenvalue weighted by molar-refractivity contribution is 5.81. The molecule has 1 unspecified atom stereocenters. The summed E-state index contributed by atoms with van der Waals surface area (Å²) in [5, 5.41) is 11.7. The summed E-state index contributed by atoms with van der Waals surface area (Å²) in [7, 11) is 0. The molecule has 1 heterocycles. The molecule has 0 saturated carbocycles. The topological polar surface area (TPSA) is 71.4 Å². The first-order valence-corrected chi connectivity index (χ1v) is 6.91. The van der Waals surface area contributed by atoms with Gasteiger partial charge in [-0.3, -0.25) is 4.79 Å². The number of nitrogens with zero attached hydrogens (tertiary/aromatic N) is 1. The number of fused-ring (bicyclic) bond motifs is 1. The van der Waals surface area contributed by atoms with E-state index in [1.165, 1.54) is 0 Å². The summed E-state index contributed by atoms with van der Waals surface area (Å²) in [6, 6.07) is 16.4. The van der Waals surface area contributed by atoms with Crippen molar-refractivity contribution in [3.8, 4) is 17.6 Å². The largest absolute Gasteiger partial charge is 0.485 e. The maximum Gasteiger partial charge on any atom is 0.264 e. The quantitative estimate of drug-likeness (QED) is 0.940. The molecular formula is C17H14N2O3. The van der Waals surface area contributed by atoms with E-state index >= 15 is 0 Å². The number of hydrogen-bond acceptors (Lipinski definition) is 4. The van der Waals surface area contributed by atoms with Crippen molar-refractivity contribution in [1.82, 2.24) is 5.32 Å². The highest BCUT2D eigenvalue weighted by atomic mass is 16.6. The molecule has 0 aromatic heterocycles. The highest BCUT2D eigenvalue weighted by Gasteiger charge is 2.26. The minimum atomic E-state index is -0.672. The summed E-state index contributed by atoms with van der Waals surface area (Å²) >= 11 is 0. The third-order valence-electron chi connectivity index (χ3n) is 3.32. The molecule has 0 saturated heterocycles. The number of carbonyl (C=O) groups is 1. The zero-order chi connectivity index (χ0) is 15.4. The Balaban J connectivity index is 1.60. The Kier molecular flexibility index (Phi) is 3.92. The van der Waals surface area contributed by atoms with Gasteiger partial charge in [-0.1, -0.05) is 24.3 Å². The van der Waals surface area contributed by atoms with Crippen LogP contribution in [0.15, 0.2) is 48.5 Å². The zero-order valence-electron chi connectivity index (χ0n) is 11.8. The van der Waals surface area contributed by atoms with Crippen LogP contribution in [-0.2, 0) is 11.3 Å². The number of hydrogen-bond donors (Lipinski definition) is 1. The second-order valence-corrected chi connectivity index (χ2v) is 4.89. The van der Waals surface area contributed by atoms with E-state index in [2.05, 4.69) is 11.4 Å². The van der Waals surface area contributed by atoms with Crippen molar-refractivity contribution in [3.63, 3.8) is 0 Å². The van der Waals surface area contributed by atoms with Gasteiger partial charge in [0.1, 0.15) is 6.61 Å². The molecule has 2 aromatic rings. The number of ether oxygens (including phenoxy) is 2. The van der Waals surface area contributed by atoms with Crippen molar-refractivity contribution < 1.29 is 14.3 Å². The first-order valence-electron chi connectivity index (χ1n) is 6.91. The summed E-state index contributed by atoms with van der Waals surface area (Å²) in [6.45, 7) is 0.525. The van der Waals surface area contributed by atoms with Crippen molar-refractivity contribution in [3.05, 3.63) is 59.7 Å². The lowest BCUT2D eigenvalue weighted by Gasteiger charge is -2.25. The Morgan fingerprint density at radius 1 is 1.23 bits per heavy atom. The van der Waals surface area contributed by atoms with Crippen LogP contribution in [0.3, 0.4) is 0 Å². The fraction of sp³-hybridized carbons (Fsp3) is 0.176. The number of nitrogens with one attached hydrogen (secondary N) is 1. The second kappa shape index (κ2) is 6.19. The number of benzene rings is 2. The summed E-state index contributed by atoms with van der Waals surface area (Å²) < 4.78 is 11.2. The molecule has 2 aromatic carbocycles. The van der Waals surface area contributed by atoms with Crippen LogP contribution in [0.5, 0.6) is 11.5 Å². The van der Waals surface area contributed by atoms with Crippen LogP contribution < -0.4 is 14.8 Å². The van der Waals surface area contributed by atoms with Crippen LogP contribution in [0, 0.1) is 11.3 Å². The highest BCUT2D eigenvalue weighted by Crippen LogP contribution is 2.30. The van der Waals surface area contributed by atoms with Crippen molar-refractivity contribution in [2.45, 2.75) is 12.6 Å². The molecule has 5 heteroatoms. The van der Waals surface area contributed by atoms with Gasteiger partial charge in [-0.15, -0.1) is 0 Å². The van der Waals surface area contributed by atoms with Gasteiger partial charge in [0.05, 0.1) is 11.6 Å². The number of carbonyl (C=O) groups excluding carboxylic acids is 1. The molecule has 1 atom stereocenters. The van der Waals surface area contributed by atoms with Crippen LogP contribution in [0.2, 0.25) is 0 Å². The van der Waals surface area contributed by atoms with Crippen LogP contribution in [-0.4, -0.2) is 18.6 Å². The van der Waals surface area contributed by atoms with Gasteiger partial charge < -0.3 is 14.8 Å². The van der Waals surface area contributed by atoms with Gasteiger partial charge in [0, 0.05) is 6.54 Å². The molecular weight excluding hydrogens is 280 g/mol. The van der Waals surface area contributed by atoms with Gasteiger partial charge in [0.2, 0.25) is 6.10 Å². The lowest BCUT2D eigenvalue weighted by molar-refractivity contribution is -0.130. The molecule has 110 valence electrons. The van der Waals surface area contributed by atoms with E-state index in [1.54, 1.807) is 30.3 Å². The third kappa shape index (κ3) is 3.01. The normalized spacial score (nSPS) is 15.7. The van der Waals surface area contributed by atoms with Crippen LogP contribution in [0.4, 0.5) is 0 Å². The number of nitriles is 1. The molecule has 0 fully saturated rings. The number of rotatable bonds is 3. The van der Waals surface area contributed by atoms with Gasteiger partial charge in [-0.2, -0.15) is 5.26 Å². The van der Waals surface area contributed by atoms with Crippen molar-refractivity contribution in [2.75, 3.05) is 6.61 Å². The molecule has 0 spiro atoms. The molecule has 1 N–H and O–H groups in total. The summed E-state index contributed by atoms with van der Waals surface area (Å²) in [5.74, 6) is 0.977. The lowest BCUT2D eigenvalue weighted by Crippen LogP contribution is -2.43. The average molecular weight is 294 g/mol. The smallest absolute Gasteiger partial charge is 0.264 e. The van der Waals surface area contributed by atoms with Crippen LogP contribution in [0.25, 0.3) is 0 Å². The Bertz CT molecular complexity index is 737. The monoisotopic (exact) mass is 294 g/mol. The molecule has 5 nitrogen and oxygen atoms in total. The van der Waals surface area contributed by atoms with Gasteiger partial charge >= 0.3 is 0 Å². The molecule has 1 aliphatic heterocycles. The zero-order valence-corrected chi connectivity index (χ0v) is 11.8. The van der Waals surface area contributed by atoms with Crippen LogP contribution >= 0.6 is 0 Å². The number of amides is 1. The Morgan fingerprint density at radius 3 is 2.86 bits per heavy atom. The molecule has 0 aliphatic carbocycles. The fourth-order valence-corrected chi connectivity index (χ4v) is 2.20. The minimum absolute atomic E-state index is 0.182. The maximum absolute atomic E-state index is 12.2. The summed E-state index contributed by atoms with van der Waals surface area (Å²) in [5.41, 5.74) is 1.43.